The average Bonchev–Trinajstić information content (AvgIpc) is 2.71. The van der Waals surface area contributed by atoms with Crippen LogP contribution in [0.3, 0.4) is 0 Å². The summed E-state index contributed by atoms with van der Waals surface area (Å²) in [4.78, 5) is 0. The quantitative estimate of drug-likeness (QED) is 0.372. The summed E-state index contributed by atoms with van der Waals surface area (Å²) in [5, 5.41) is 0. The van der Waals surface area contributed by atoms with Gasteiger partial charge in [0.1, 0.15) is 0 Å². The molecule has 0 heterocycles. The SMILES string of the molecule is C/C=C(/C=C/c1ccc(Br)cc1)[C@H](C)[C@@H](OC)[C@@H](C)COCc1ccccc1. The summed E-state index contributed by atoms with van der Waals surface area (Å²) in [5.41, 5.74) is 3.65. The zero-order valence-corrected chi connectivity index (χ0v) is 18.9. The van der Waals surface area contributed by atoms with Crippen molar-refractivity contribution in [2.24, 2.45) is 11.8 Å². The summed E-state index contributed by atoms with van der Waals surface area (Å²) in [7, 11) is 1.79. The predicted molar refractivity (Wildman–Crippen MR) is 122 cm³/mol. The number of rotatable bonds is 10. The van der Waals surface area contributed by atoms with Gasteiger partial charge in [0.25, 0.3) is 0 Å². The van der Waals surface area contributed by atoms with Crippen molar-refractivity contribution in [3.63, 3.8) is 0 Å². The molecule has 0 unspecified atom stereocenters. The third kappa shape index (κ3) is 7.05. The molecule has 0 aromatic heterocycles. The van der Waals surface area contributed by atoms with E-state index in [2.05, 4.69) is 91.3 Å². The lowest BCUT2D eigenvalue weighted by Crippen LogP contribution is -2.31. The highest BCUT2D eigenvalue weighted by Gasteiger charge is 2.25. The Labute approximate surface area is 178 Å². The summed E-state index contributed by atoms with van der Waals surface area (Å²) in [5.74, 6) is 0.566. The highest BCUT2D eigenvalue weighted by Crippen LogP contribution is 2.25. The van der Waals surface area contributed by atoms with Gasteiger partial charge in [-0.05, 0) is 35.8 Å². The first kappa shape index (κ1) is 22.6. The van der Waals surface area contributed by atoms with Crippen LogP contribution in [-0.4, -0.2) is 19.8 Å². The Kier molecular flexibility index (Phi) is 9.69. The maximum absolute atomic E-state index is 5.95. The van der Waals surface area contributed by atoms with Crippen molar-refractivity contribution in [1.82, 2.24) is 0 Å². The summed E-state index contributed by atoms with van der Waals surface area (Å²) in [6.45, 7) is 7.81. The lowest BCUT2D eigenvalue weighted by molar-refractivity contribution is -0.0148. The van der Waals surface area contributed by atoms with Gasteiger partial charge >= 0.3 is 0 Å². The lowest BCUT2D eigenvalue weighted by atomic mass is 9.87. The van der Waals surface area contributed by atoms with E-state index < -0.39 is 0 Å². The summed E-state index contributed by atoms with van der Waals surface area (Å²) < 4.78 is 12.9. The van der Waals surface area contributed by atoms with E-state index in [-0.39, 0.29) is 12.0 Å². The number of ether oxygens (including phenoxy) is 2. The van der Waals surface area contributed by atoms with Gasteiger partial charge in [-0.1, -0.05) is 90.5 Å². The molecule has 0 saturated heterocycles. The molecule has 0 spiro atoms. The highest BCUT2D eigenvalue weighted by molar-refractivity contribution is 9.10. The molecule has 0 aliphatic heterocycles. The van der Waals surface area contributed by atoms with E-state index in [0.717, 1.165) is 4.47 Å². The van der Waals surface area contributed by atoms with Gasteiger partial charge in [0.05, 0.1) is 19.3 Å². The minimum absolute atomic E-state index is 0.0940. The van der Waals surface area contributed by atoms with Crippen molar-refractivity contribution < 1.29 is 9.47 Å². The Morgan fingerprint density at radius 2 is 1.71 bits per heavy atom. The predicted octanol–water partition coefficient (Wildman–Crippen LogP) is 6.91. The third-order valence-electron chi connectivity index (χ3n) is 5.02. The molecule has 0 fully saturated rings. The second-order valence-corrected chi connectivity index (χ2v) is 8.06. The van der Waals surface area contributed by atoms with E-state index in [9.17, 15) is 0 Å². The van der Waals surface area contributed by atoms with Gasteiger partial charge in [-0.15, -0.1) is 0 Å². The van der Waals surface area contributed by atoms with Crippen molar-refractivity contribution in [2.75, 3.05) is 13.7 Å². The second kappa shape index (κ2) is 12.0. The van der Waals surface area contributed by atoms with Crippen molar-refractivity contribution in [3.8, 4) is 0 Å². The normalized spacial score (nSPS) is 15.5. The van der Waals surface area contributed by atoms with Crippen LogP contribution in [0, 0.1) is 11.8 Å². The fourth-order valence-corrected chi connectivity index (χ4v) is 3.69. The fourth-order valence-electron chi connectivity index (χ4n) is 3.43. The molecule has 0 bridgehead atoms. The Morgan fingerprint density at radius 1 is 1.04 bits per heavy atom. The number of allylic oxidation sites excluding steroid dienone is 2. The summed E-state index contributed by atoms with van der Waals surface area (Å²) in [6.07, 6.45) is 6.61. The first-order valence-corrected chi connectivity index (χ1v) is 10.6. The number of methoxy groups -OCH3 is 1. The molecule has 150 valence electrons. The highest BCUT2D eigenvalue weighted by atomic mass is 79.9. The molecule has 0 saturated carbocycles. The van der Waals surface area contributed by atoms with E-state index >= 15 is 0 Å². The van der Waals surface area contributed by atoms with E-state index in [1.54, 1.807) is 7.11 Å². The first-order valence-electron chi connectivity index (χ1n) is 9.79. The number of hydrogen-bond donors (Lipinski definition) is 0. The zero-order valence-electron chi connectivity index (χ0n) is 17.3. The molecular weight excluding hydrogens is 412 g/mol. The van der Waals surface area contributed by atoms with Crippen LogP contribution in [-0.2, 0) is 16.1 Å². The minimum atomic E-state index is 0.0940. The van der Waals surface area contributed by atoms with Gasteiger partial charge in [-0.3, -0.25) is 0 Å². The van der Waals surface area contributed by atoms with E-state index in [1.165, 1.54) is 16.7 Å². The fraction of sp³-hybridized carbons (Fsp3) is 0.360. The molecule has 3 heteroatoms. The minimum Gasteiger partial charge on any atom is -0.380 e. The van der Waals surface area contributed by atoms with Crippen LogP contribution in [0.2, 0.25) is 0 Å². The largest absolute Gasteiger partial charge is 0.380 e. The van der Waals surface area contributed by atoms with Crippen LogP contribution in [0.1, 0.15) is 31.9 Å². The van der Waals surface area contributed by atoms with Crippen LogP contribution in [0.15, 0.2) is 76.8 Å². The third-order valence-corrected chi connectivity index (χ3v) is 5.54. The van der Waals surface area contributed by atoms with Crippen molar-refractivity contribution in [3.05, 3.63) is 87.9 Å². The van der Waals surface area contributed by atoms with Crippen LogP contribution in [0.4, 0.5) is 0 Å². The molecule has 0 aliphatic rings. The van der Waals surface area contributed by atoms with Crippen LogP contribution < -0.4 is 0 Å². The Hall–Kier alpha value is -1.68. The lowest BCUT2D eigenvalue weighted by Gasteiger charge is -2.29. The van der Waals surface area contributed by atoms with Crippen molar-refractivity contribution in [1.29, 1.82) is 0 Å². The molecule has 28 heavy (non-hydrogen) atoms. The van der Waals surface area contributed by atoms with E-state index in [1.807, 2.05) is 18.2 Å². The smallest absolute Gasteiger partial charge is 0.0717 e. The Morgan fingerprint density at radius 3 is 2.32 bits per heavy atom. The number of halogens is 1. The summed E-state index contributed by atoms with van der Waals surface area (Å²) in [6, 6.07) is 18.6. The van der Waals surface area contributed by atoms with Gasteiger partial charge in [0.15, 0.2) is 0 Å². The summed E-state index contributed by atoms with van der Waals surface area (Å²) >= 11 is 3.48. The molecule has 3 atom stereocenters. The van der Waals surface area contributed by atoms with Gasteiger partial charge in [-0.2, -0.15) is 0 Å². The van der Waals surface area contributed by atoms with Gasteiger partial charge in [-0.25, -0.2) is 0 Å². The molecule has 0 N–H and O–H groups in total. The molecular formula is C25H31BrO2. The van der Waals surface area contributed by atoms with Crippen LogP contribution >= 0.6 is 15.9 Å². The van der Waals surface area contributed by atoms with Gasteiger partial charge < -0.3 is 9.47 Å². The van der Waals surface area contributed by atoms with Gasteiger partial charge in [0, 0.05) is 23.4 Å². The maximum Gasteiger partial charge on any atom is 0.0717 e. The van der Waals surface area contributed by atoms with E-state index in [0.29, 0.717) is 19.1 Å². The second-order valence-electron chi connectivity index (χ2n) is 7.14. The molecule has 2 nitrogen and oxygen atoms in total. The monoisotopic (exact) mass is 442 g/mol. The molecule has 2 aromatic carbocycles. The standard InChI is InChI=1S/C25H31BrO2/c1-5-23(14-11-21-12-15-24(26)16-13-21)20(3)25(27-4)19(2)17-28-18-22-9-7-6-8-10-22/h5-16,19-20,25H,17-18H2,1-4H3/b14-11+,23-5-/t19-,20-,25-/m0/s1. The number of benzene rings is 2. The van der Waals surface area contributed by atoms with Crippen molar-refractivity contribution in [2.45, 2.75) is 33.5 Å². The Bertz CT molecular complexity index is 750. The zero-order chi connectivity index (χ0) is 20.4. The number of hydrogen-bond acceptors (Lipinski definition) is 2. The molecule has 0 amide bonds. The van der Waals surface area contributed by atoms with Crippen LogP contribution in [0.25, 0.3) is 6.08 Å². The molecule has 0 aliphatic carbocycles. The molecule has 0 radical (unpaired) electrons. The first-order chi connectivity index (χ1) is 13.5. The topological polar surface area (TPSA) is 18.5 Å². The maximum atomic E-state index is 5.95. The van der Waals surface area contributed by atoms with E-state index in [4.69, 9.17) is 9.47 Å². The molecule has 2 aromatic rings. The van der Waals surface area contributed by atoms with Crippen LogP contribution in [0.5, 0.6) is 0 Å². The van der Waals surface area contributed by atoms with Crippen molar-refractivity contribution >= 4 is 22.0 Å². The van der Waals surface area contributed by atoms with Gasteiger partial charge in [0.2, 0.25) is 0 Å². The molecule has 2 rings (SSSR count). The average molecular weight is 443 g/mol. The Balaban J connectivity index is 1.94.